The number of rotatable bonds is 7. The molecule has 0 aromatic carbocycles. The predicted molar refractivity (Wildman–Crippen MR) is 100 cm³/mol. The number of aromatic nitrogens is 2. The van der Waals surface area contributed by atoms with Crippen LogP contribution in [0.15, 0.2) is 24.2 Å². The van der Waals surface area contributed by atoms with Crippen LogP contribution in [0.4, 0.5) is 11.8 Å². The number of nitrogens with one attached hydrogen (secondary N) is 2. The van der Waals surface area contributed by atoms with Gasteiger partial charge in [-0.2, -0.15) is 4.98 Å². The van der Waals surface area contributed by atoms with Crippen molar-refractivity contribution in [3.8, 4) is 0 Å². The third-order valence-corrected chi connectivity index (χ3v) is 5.04. The molecular weight excluding hydrogens is 348 g/mol. The number of esters is 1. The predicted octanol–water partition coefficient (Wildman–Crippen LogP) is 1.27. The van der Waals surface area contributed by atoms with Gasteiger partial charge < -0.3 is 15.1 Å². The zero-order valence-corrected chi connectivity index (χ0v) is 16.0. The molecule has 0 saturated carbocycles. The minimum Gasteiger partial charge on any atom is -0.466 e. The largest absolute Gasteiger partial charge is 0.466 e. The Morgan fingerprint density at radius 2 is 2.26 bits per heavy atom. The molecule has 9 nitrogen and oxygen atoms in total. The molecule has 27 heavy (non-hydrogen) atoms. The van der Waals surface area contributed by atoms with Gasteiger partial charge in [-0.3, -0.25) is 14.5 Å². The van der Waals surface area contributed by atoms with Crippen LogP contribution in [0, 0.1) is 5.41 Å². The van der Waals surface area contributed by atoms with E-state index in [0.717, 1.165) is 5.70 Å². The molecule has 0 spiro atoms. The Kier molecular flexibility index (Phi) is 5.59. The van der Waals surface area contributed by atoms with E-state index < -0.39 is 5.41 Å². The van der Waals surface area contributed by atoms with Gasteiger partial charge in [-0.05, 0) is 25.8 Å². The molecule has 3 rings (SSSR count). The van der Waals surface area contributed by atoms with Gasteiger partial charge >= 0.3 is 5.97 Å². The molecule has 0 bridgehead atoms. The van der Waals surface area contributed by atoms with E-state index in [9.17, 15) is 9.59 Å². The molecule has 2 N–H and O–H groups in total. The van der Waals surface area contributed by atoms with E-state index >= 15 is 0 Å². The maximum Gasteiger partial charge on any atom is 0.306 e. The summed E-state index contributed by atoms with van der Waals surface area (Å²) in [6.07, 6.45) is 4.84. The minimum absolute atomic E-state index is 0.0795. The number of ether oxygens (including phenoxy) is 1. The molecule has 2 aliphatic rings. The lowest BCUT2D eigenvalue weighted by atomic mass is 9.80. The first-order chi connectivity index (χ1) is 13.0. The SMILES string of the molecule is CCOC(=O)CC1(CC)CCN(c2ccnc(NC3=CN(C)NC3)n2)C1=O. The van der Waals surface area contributed by atoms with E-state index in [4.69, 9.17) is 4.74 Å². The smallest absolute Gasteiger partial charge is 0.306 e. The average molecular weight is 374 g/mol. The second kappa shape index (κ2) is 7.91. The van der Waals surface area contributed by atoms with E-state index in [0.29, 0.717) is 44.3 Å². The van der Waals surface area contributed by atoms with Crippen LogP contribution in [0.5, 0.6) is 0 Å². The number of carbonyl (C=O) groups excluding carboxylic acids is 2. The zero-order valence-electron chi connectivity index (χ0n) is 16.0. The first kappa shape index (κ1) is 19.1. The number of amides is 1. The number of hydrogen-bond donors (Lipinski definition) is 2. The lowest BCUT2D eigenvalue weighted by Crippen LogP contribution is -2.36. The fraction of sp³-hybridized carbons (Fsp3) is 0.556. The third-order valence-electron chi connectivity index (χ3n) is 5.04. The van der Waals surface area contributed by atoms with Crippen LogP contribution in [0.3, 0.4) is 0 Å². The second-order valence-electron chi connectivity index (χ2n) is 6.79. The summed E-state index contributed by atoms with van der Waals surface area (Å²) in [5, 5.41) is 5.00. The Morgan fingerprint density at radius 1 is 1.44 bits per heavy atom. The van der Waals surface area contributed by atoms with Gasteiger partial charge in [0.05, 0.1) is 30.7 Å². The Morgan fingerprint density at radius 3 is 2.93 bits per heavy atom. The van der Waals surface area contributed by atoms with Gasteiger partial charge in [0.25, 0.3) is 0 Å². The maximum absolute atomic E-state index is 13.1. The Balaban J connectivity index is 1.75. The van der Waals surface area contributed by atoms with Gasteiger partial charge in [0.15, 0.2) is 0 Å². The van der Waals surface area contributed by atoms with E-state index in [1.165, 1.54) is 0 Å². The zero-order chi connectivity index (χ0) is 19.4. The number of anilines is 2. The van der Waals surface area contributed by atoms with Crippen molar-refractivity contribution in [3.63, 3.8) is 0 Å². The molecule has 1 saturated heterocycles. The van der Waals surface area contributed by atoms with Gasteiger partial charge in [0.2, 0.25) is 11.9 Å². The molecule has 1 aromatic heterocycles. The van der Waals surface area contributed by atoms with Gasteiger partial charge in [-0.25, -0.2) is 10.4 Å². The molecule has 0 radical (unpaired) electrons. The van der Waals surface area contributed by atoms with Crippen LogP contribution in [-0.4, -0.2) is 53.6 Å². The molecule has 1 amide bonds. The molecule has 9 heteroatoms. The van der Waals surface area contributed by atoms with Crippen LogP contribution in [-0.2, 0) is 14.3 Å². The fourth-order valence-corrected chi connectivity index (χ4v) is 3.46. The quantitative estimate of drug-likeness (QED) is 0.688. The molecule has 2 aliphatic heterocycles. The fourth-order valence-electron chi connectivity index (χ4n) is 3.46. The van der Waals surface area contributed by atoms with Gasteiger partial charge in [-0.15, -0.1) is 0 Å². The van der Waals surface area contributed by atoms with E-state index in [-0.39, 0.29) is 18.3 Å². The highest BCUT2D eigenvalue weighted by atomic mass is 16.5. The third kappa shape index (κ3) is 4.02. The van der Waals surface area contributed by atoms with Gasteiger partial charge in [0.1, 0.15) is 5.82 Å². The van der Waals surface area contributed by atoms with Gasteiger partial charge in [0, 0.05) is 26.0 Å². The molecule has 146 valence electrons. The summed E-state index contributed by atoms with van der Waals surface area (Å²) in [4.78, 5) is 35.5. The summed E-state index contributed by atoms with van der Waals surface area (Å²) in [6.45, 7) is 5.20. The van der Waals surface area contributed by atoms with Crippen molar-refractivity contribution in [1.29, 1.82) is 0 Å². The molecule has 1 unspecified atom stereocenters. The first-order valence-corrected chi connectivity index (χ1v) is 9.22. The highest BCUT2D eigenvalue weighted by Crippen LogP contribution is 2.40. The van der Waals surface area contributed by atoms with Crippen LogP contribution in [0.1, 0.15) is 33.1 Å². The average Bonchev–Trinajstić information content (AvgIpc) is 3.19. The second-order valence-corrected chi connectivity index (χ2v) is 6.79. The van der Waals surface area contributed by atoms with E-state index in [1.807, 2.05) is 25.2 Å². The van der Waals surface area contributed by atoms with Crippen molar-refractivity contribution in [2.45, 2.75) is 33.1 Å². The van der Waals surface area contributed by atoms with Crippen molar-refractivity contribution in [3.05, 3.63) is 24.2 Å². The lowest BCUT2D eigenvalue weighted by Gasteiger charge is -2.25. The highest BCUT2D eigenvalue weighted by Gasteiger charge is 2.47. The molecule has 3 heterocycles. The summed E-state index contributed by atoms with van der Waals surface area (Å²) < 4.78 is 5.06. The number of hydrogen-bond acceptors (Lipinski definition) is 8. The number of hydrazine groups is 1. The number of carbonyl (C=O) groups is 2. The highest BCUT2D eigenvalue weighted by molar-refractivity contribution is 6.01. The van der Waals surface area contributed by atoms with Crippen LogP contribution in [0.25, 0.3) is 0 Å². The van der Waals surface area contributed by atoms with Crippen LogP contribution in [0.2, 0.25) is 0 Å². The first-order valence-electron chi connectivity index (χ1n) is 9.22. The topological polar surface area (TPSA) is 99.7 Å². The van der Waals surface area contributed by atoms with Crippen molar-refractivity contribution in [2.75, 3.05) is 37.0 Å². The molecule has 1 aromatic rings. The van der Waals surface area contributed by atoms with Crippen molar-refractivity contribution in [1.82, 2.24) is 20.4 Å². The monoisotopic (exact) mass is 374 g/mol. The summed E-state index contributed by atoms with van der Waals surface area (Å²) >= 11 is 0. The van der Waals surface area contributed by atoms with Crippen LogP contribution < -0.4 is 15.6 Å². The minimum atomic E-state index is -0.717. The van der Waals surface area contributed by atoms with E-state index in [2.05, 4.69) is 20.7 Å². The Bertz CT molecular complexity index is 752. The normalized spacial score (nSPS) is 22.2. The van der Waals surface area contributed by atoms with Crippen molar-refractivity contribution in [2.24, 2.45) is 5.41 Å². The summed E-state index contributed by atoms with van der Waals surface area (Å²) in [5.41, 5.74) is 3.35. The molecular formula is C18H26N6O3. The Labute approximate surface area is 158 Å². The molecule has 0 aliphatic carbocycles. The molecule has 1 fully saturated rings. The Hall–Kier alpha value is -2.68. The summed E-state index contributed by atoms with van der Waals surface area (Å²) in [7, 11) is 1.91. The van der Waals surface area contributed by atoms with Gasteiger partial charge in [-0.1, -0.05) is 6.92 Å². The maximum atomic E-state index is 13.1. The number of nitrogens with zero attached hydrogens (tertiary/aromatic N) is 4. The summed E-state index contributed by atoms with van der Waals surface area (Å²) in [5.74, 6) is 0.563. The lowest BCUT2D eigenvalue weighted by molar-refractivity contribution is -0.148. The molecule has 1 atom stereocenters. The standard InChI is InChI=1S/C18H26N6O3/c1-4-18(10-15(25)27-5-2)7-9-24(16(18)26)14-6-8-19-17(22-14)21-13-11-20-23(3)12-13/h6,8,12,20H,4-5,7,9-11H2,1-3H3,(H,19,21,22). The van der Waals surface area contributed by atoms with Crippen molar-refractivity contribution >= 4 is 23.6 Å². The van der Waals surface area contributed by atoms with E-state index in [1.54, 1.807) is 24.1 Å². The summed E-state index contributed by atoms with van der Waals surface area (Å²) in [6, 6.07) is 1.71. The van der Waals surface area contributed by atoms with Crippen LogP contribution >= 0.6 is 0 Å². The van der Waals surface area contributed by atoms with Crippen molar-refractivity contribution < 1.29 is 14.3 Å².